The van der Waals surface area contributed by atoms with Gasteiger partial charge >= 0.3 is 0 Å². The van der Waals surface area contributed by atoms with Crippen LogP contribution in [0.15, 0.2) is 52.1 Å². The Kier molecular flexibility index (Phi) is 6.50. The van der Waals surface area contributed by atoms with E-state index in [9.17, 15) is 4.79 Å². The van der Waals surface area contributed by atoms with E-state index < -0.39 is 0 Å². The normalized spacial score (nSPS) is 14.6. The van der Waals surface area contributed by atoms with Crippen LogP contribution in [0.2, 0.25) is 0 Å². The number of H-pyrrole nitrogens is 1. The number of hydrogen-bond acceptors (Lipinski definition) is 8. The summed E-state index contributed by atoms with van der Waals surface area (Å²) in [5.74, 6) is 2.41. The lowest BCUT2D eigenvalue weighted by Crippen LogP contribution is -2.47. The summed E-state index contributed by atoms with van der Waals surface area (Å²) in [5, 5.41) is 8.66. The predicted octanol–water partition coefficient (Wildman–Crippen LogP) is 3.54. The molecule has 176 valence electrons. The predicted molar refractivity (Wildman–Crippen MR) is 131 cm³/mol. The smallest absolute Gasteiger partial charge is 0.277 e. The lowest BCUT2D eigenvalue weighted by molar-refractivity contribution is -0.129. The number of rotatable bonds is 7. The van der Waals surface area contributed by atoms with Crippen molar-refractivity contribution in [3.8, 4) is 28.6 Å². The molecule has 0 aliphatic carbocycles. The molecule has 0 bridgehead atoms. The highest BCUT2D eigenvalue weighted by Crippen LogP contribution is 2.28. The standard InChI is InChI=1S/C24H26N6O3S/c1-3-32-18-7-4-16(5-8-18)22-25-19-9-6-17(14-20(19)26-22)23-27-28-24(33-23)34-15-21(31)30-12-10-29(2)11-13-30/h4-9,14H,3,10-13,15H2,1-2H3,(H,25,26). The van der Waals surface area contributed by atoms with Gasteiger partial charge in [0, 0.05) is 37.3 Å². The molecule has 1 N–H and O–H groups in total. The van der Waals surface area contributed by atoms with Crippen molar-refractivity contribution in [3.05, 3.63) is 42.5 Å². The first-order valence-corrected chi connectivity index (χ1v) is 12.2. The second-order valence-corrected chi connectivity index (χ2v) is 9.05. The summed E-state index contributed by atoms with van der Waals surface area (Å²) in [5.41, 5.74) is 3.49. The third-order valence-electron chi connectivity index (χ3n) is 5.75. The molecule has 34 heavy (non-hydrogen) atoms. The SMILES string of the molecule is CCOc1ccc(-c2nc3ccc(-c4nnc(SCC(=O)N5CCN(C)CC5)o4)cc3[nH]2)cc1. The second kappa shape index (κ2) is 9.86. The second-order valence-electron chi connectivity index (χ2n) is 8.12. The topological polar surface area (TPSA) is 100 Å². The monoisotopic (exact) mass is 478 g/mol. The van der Waals surface area contributed by atoms with E-state index in [4.69, 9.17) is 9.15 Å². The number of benzene rings is 2. The van der Waals surface area contributed by atoms with E-state index in [0.717, 1.165) is 59.9 Å². The van der Waals surface area contributed by atoms with Crippen LogP contribution in [0.4, 0.5) is 0 Å². The first kappa shape index (κ1) is 22.4. The van der Waals surface area contributed by atoms with Crippen LogP contribution in [-0.2, 0) is 4.79 Å². The van der Waals surface area contributed by atoms with E-state index in [2.05, 4.69) is 32.1 Å². The maximum Gasteiger partial charge on any atom is 0.277 e. The van der Waals surface area contributed by atoms with Gasteiger partial charge in [-0.2, -0.15) is 0 Å². The van der Waals surface area contributed by atoms with Gasteiger partial charge in [-0.15, -0.1) is 10.2 Å². The van der Waals surface area contributed by atoms with Crippen LogP contribution in [0, 0.1) is 0 Å². The van der Waals surface area contributed by atoms with Gasteiger partial charge in [-0.3, -0.25) is 4.79 Å². The van der Waals surface area contributed by atoms with Crippen molar-refractivity contribution in [1.82, 2.24) is 30.0 Å². The zero-order valence-corrected chi connectivity index (χ0v) is 20.0. The van der Waals surface area contributed by atoms with Crippen molar-refractivity contribution in [2.75, 3.05) is 45.6 Å². The Bertz CT molecular complexity index is 1280. The van der Waals surface area contributed by atoms with E-state index in [-0.39, 0.29) is 11.7 Å². The molecule has 0 unspecified atom stereocenters. The molecular weight excluding hydrogens is 452 g/mol. The average molecular weight is 479 g/mol. The Morgan fingerprint density at radius 3 is 2.62 bits per heavy atom. The van der Waals surface area contributed by atoms with Crippen LogP contribution in [-0.4, -0.2) is 81.5 Å². The van der Waals surface area contributed by atoms with Crippen molar-refractivity contribution in [2.24, 2.45) is 0 Å². The number of ether oxygens (including phenoxy) is 1. The highest BCUT2D eigenvalue weighted by molar-refractivity contribution is 7.99. The molecule has 1 amide bonds. The molecule has 4 aromatic rings. The fourth-order valence-electron chi connectivity index (χ4n) is 3.81. The minimum absolute atomic E-state index is 0.0959. The number of carbonyl (C=O) groups excluding carboxylic acids is 1. The third kappa shape index (κ3) is 4.92. The van der Waals surface area contributed by atoms with Gasteiger partial charge in [0.1, 0.15) is 11.6 Å². The Hall–Kier alpha value is -3.37. The van der Waals surface area contributed by atoms with Gasteiger partial charge in [0.25, 0.3) is 5.22 Å². The minimum Gasteiger partial charge on any atom is -0.494 e. The number of fused-ring (bicyclic) bond motifs is 1. The summed E-state index contributed by atoms with van der Waals surface area (Å²) in [7, 11) is 2.07. The van der Waals surface area contributed by atoms with Crippen molar-refractivity contribution >= 4 is 28.7 Å². The highest BCUT2D eigenvalue weighted by atomic mass is 32.2. The van der Waals surface area contributed by atoms with E-state index in [0.29, 0.717) is 17.7 Å². The molecule has 1 fully saturated rings. The van der Waals surface area contributed by atoms with Crippen molar-refractivity contribution < 1.29 is 13.9 Å². The van der Waals surface area contributed by atoms with Crippen LogP contribution >= 0.6 is 11.8 Å². The molecule has 2 aromatic carbocycles. The number of amides is 1. The minimum atomic E-state index is 0.0959. The van der Waals surface area contributed by atoms with Gasteiger partial charge in [0.15, 0.2) is 0 Å². The number of imidazole rings is 1. The first-order chi connectivity index (χ1) is 16.6. The Morgan fingerprint density at radius 1 is 1.09 bits per heavy atom. The molecule has 1 aliphatic rings. The summed E-state index contributed by atoms with van der Waals surface area (Å²) in [4.78, 5) is 24.6. The van der Waals surface area contributed by atoms with Crippen LogP contribution < -0.4 is 4.74 Å². The van der Waals surface area contributed by atoms with Gasteiger partial charge in [0.05, 0.1) is 23.4 Å². The fraction of sp³-hybridized carbons (Fsp3) is 0.333. The van der Waals surface area contributed by atoms with Crippen molar-refractivity contribution in [3.63, 3.8) is 0 Å². The highest BCUT2D eigenvalue weighted by Gasteiger charge is 2.20. The van der Waals surface area contributed by atoms with Gasteiger partial charge in [-0.05, 0) is 56.4 Å². The Balaban J connectivity index is 1.26. The maximum atomic E-state index is 12.5. The molecule has 0 radical (unpaired) electrons. The number of nitrogens with one attached hydrogen (secondary N) is 1. The molecule has 1 aliphatic heterocycles. The summed E-state index contributed by atoms with van der Waals surface area (Å²) in [6.45, 7) is 5.91. The lowest BCUT2D eigenvalue weighted by Gasteiger charge is -2.32. The van der Waals surface area contributed by atoms with Gasteiger partial charge in [-0.25, -0.2) is 4.98 Å². The molecule has 2 aromatic heterocycles. The summed E-state index contributed by atoms with van der Waals surface area (Å²) < 4.78 is 11.3. The molecule has 10 heteroatoms. The molecular formula is C24H26N6O3S. The van der Waals surface area contributed by atoms with Gasteiger partial charge in [0.2, 0.25) is 11.8 Å². The number of aromatic nitrogens is 4. The quantitative estimate of drug-likeness (QED) is 0.403. The molecule has 0 spiro atoms. The number of likely N-dealkylation sites (N-methyl/N-ethyl adjacent to an activating group) is 1. The van der Waals surface area contributed by atoms with Gasteiger partial charge < -0.3 is 23.9 Å². The zero-order valence-electron chi connectivity index (χ0n) is 19.2. The maximum absolute atomic E-state index is 12.5. The van der Waals surface area contributed by atoms with Crippen LogP contribution in [0.3, 0.4) is 0 Å². The molecule has 3 heterocycles. The van der Waals surface area contributed by atoms with Crippen LogP contribution in [0.5, 0.6) is 5.75 Å². The van der Waals surface area contributed by atoms with Crippen molar-refractivity contribution in [2.45, 2.75) is 12.1 Å². The number of nitrogens with zero attached hydrogens (tertiary/aromatic N) is 5. The summed E-state index contributed by atoms with van der Waals surface area (Å²) in [6.07, 6.45) is 0. The summed E-state index contributed by atoms with van der Waals surface area (Å²) >= 11 is 1.27. The molecule has 9 nitrogen and oxygen atoms in total. The average Bonchev–Trinajstić information content (AvgIpc) is 3.50. The number of aromatic amines is 1. The Labute approximate surface area is 201 Å². The molecule has 0 atom stereocenters. The Morgan fingerprint density at radius 2 is 1.85 bits per heavy atom. The summed E-state index contributed by atoms with van der Waals surface area (Å²) in [6, 6.07) is 13.6. The number of carbonyl (C=O) groups is 1. The molecule has 5 rings (SSSR count). The zero-order chi connectivity index (χ0) is 23.5. The van der Waals surface area contributed by atoms with Gasteiger partial charge in [-0.1, -0.05) is 11.8 Å². The van der Waals surface area contributed by atoms with E-state index in [1.807, 2.05) is 54.3 Å². The molecule has 1 saturated heterocycles. The number of piperazine rings is 1. The van der Waals surface area contributed by atoms with Crippen LogP contribution in [0.1, 0.15) is 6.92 Å². The largest absolute Gasteiger partial charge is 0.494 e. The van der Waals surface area contributed by atoms with E-state index in [1.54, 1.807) is 0 Å². The first-order valence-electron chi connectivity index (χ1n) is 11.2. The van der Waals surface area contributed by atoms with Crippen molar-refractivity contribution in [1.29, 1.82) is 0 Å². The number of hydrogen-bond donors (Lipinski definition) is 1. The van der Waals surface area contributed by atoms with E-state index in [1.165, 1.54) is 11.8 Å². The van der Waals surface area contributed by atoms with Crippen LogP contribution in [0.25, 0.3) is 33.9 Å². The van der Waals surface area contributed by atoms with E-state index >= 15 is 0 Å². The number of thioether (sulfide) groups is 1. The lowest BCUT2D eigenvalue weighted by atomic mass is 10.2. The third-order valence-corrected chi connectivity index (χ3v) is 6.55. The fourth-order valence-corrected chi connectivity index (χ4v) is 4.48. The molecule has 0 saturated carbocycles.